The number of benzene rings is 1. The number of halogens is 1. The maximum Gasteiger partial charge on any atom is 0.241 e. The lowest BCUT2D eigenvalue weighted by Gasteiger charge is -2.23. The minimum absolute atomic E-state index is 0.00339. The molecule has 0 bridgehead atoms. The first kappa shape index (κ1) is 13.0. The molecule has 1 atom stereocenters. The van der Waals surface area contributed by atoms with E-state index < -0.39 is 0 Å². The number of hydrazine groups is 1. The molecule has 1 fully saturated rings. The summed E-state index contributed by atoms with van der Waals surface area (Å²) in [5, 5.41) is 3.54. The smallest absolute Gasteiger partial charge is 0.241 e. The number of amides is 1. The van der Waals surface area contributed by atoms with Gasteiger partial charge in [-0.2, -0.15) is 0 Å². The predicted molar refractivity (Wildman–Crippen MR) is 65.2 cm³/mol. The minimum Gasteiger partial charge on any atom is -0.378 e. The normalized spacial score (nSPS) is 20.4. The van der Waals surface area contributed by atoms with Crippen molar-refractivity contribution >= 4 is 5.91 Å². The Kier molecular flexibility index (Phi) is 3.93. The first-order chi connectivity index (χ1) is 8.60. The number of carbonyl (C=O) groups excluding carboxylic acids is 1. The van der Waals surface area contributed by atoms with E-state index in [-0.39, 0.29) is 24.2 Å². The highest BCUT2D eigenvalue weighted by molar-refractivity contribution is 5.78. The molecule has 4 nitrogen and oxygen atoms in total. The molecule has 1 aromatic carbocycles. The highest BCUT2D eigenvalue weighted by atomic mass is 19.1. The lowest BCUT2D eigenvalue weighted by molar-refractivity contribution is -0.141. The van der Waals surface area contributed by atoms with E-state index in [9.17, 15) is 9.18 Å². The van der Waals surface area contributed by atoms with E-state index in [1.54, 1.807) is 24.3 Å². The molecule has 1 heterocycles. The molecule has 0 aliphatic carbocycles. The van der Waals surface area contributed by atoms with Crippen LogP contribution in [0.5, 0.6) is 0 Å². The monoisotopic (exact) mass is 252 g/mol. The van der Waals surface area contributed by atoms with Crippen LogP contribution in [0.15, 0.2) is 24.3 Å². The fraction of sp³-hybridized carbons (Fsp3) is 0.462. The minimum atomic E-state index is -0.288. The van der Waals surface area contributed by atoms with Crippen molar-refractivity contribution < 1.29 is 13.9 Å². The molecule has 1 aromatic rings. The van der Waals surface area contributed by atoms with Crippen molar-refractivity contribution in [1.29, 1.82) is 0 Å². The van der Waals surface area contributed by atoms with Gasteiger partial charge in [-0.15, -0.1) is 0 Å². The van der Waals surface area contributed by atoms with Crippen molar-refractivity contribution in [3.05, 3.63) is 35.6 Å². The molecule has 1 aliphatic heterocycles. The highest BCUT2D eigenvalue weighted by Crippen LogP contribution is 2.13. The Morgan fingerprint density at radius 1 is 1.39 bits per heavy atom. The molecule has 1 unspecified atom stereocenters. The van der Waals surface area contributed by atoms with Gasteiger partial charge in [0.15, 0.2) is 0 Å². The van der Waals surface area contributed by atoms with E-state index in [4.69, 9.17) is 4.74 Å². The summed E-state index contributed by atoms with van der Waals surface area (Å²) in [6.07, 6.45) is 0.341. The summed E-state index contributed by atoms with van der Waals surface area (Å²) < 4.78 is 18.0. The Bertz CT molecular complexity index is 422. The van der Waals surface area contributed by atoms with Crippen molar-refractivity contribution in [3.8, 4) is 0 Å². The lowest BCUT2D eigenvalue weighted by Crippen LogP contribution is -2.39. The second-order valence-corrected chi connectivity index (χ2v) is 4.48. The second-order valence-electron chi connectivity index (χ2n) is 4.48. The van der Waals surface area contributed by atoms with Gasteiger partial charge in [-0.05, 0) is 17.7 Å². The van der Waals surface area contributed by atoms with Crippen molar-refractivity contribution in [2.45, 2.75) is 12.5 Å². The zero-order valence-corrected chi connectivity index (χ0v) is 10.6. The summed E-state index contributed by atoms with van der Waals surface area (Å²) in [5.41, 5.74) is 0.815. The van der Waals surface area contributed by atoms with Crippen LogP contribution in [0.4, 0.5) is 4.39 Å². The molecule has 5 heteroatoms. The van der Waals surface area contributed by atoms with Crippen LogP contribution < -0.4 is 0 Å². The number of nitrogens with zero attached hydrogens (tertiary/aromatic N) is 2. The maximum absolute atomic E-state index is 12.8. The van der Waals surface area contributed by atoms with Crippen LogP contribution in [0, 0.1) is 5.82 Å². The molecule has 1 amide bonds. The van der Waals surface area contributed by atoms with E-state index in [0.29, 0.717) is 13.1 Å². The highest BCUT2D eigenvalue weighted by Gasteiger charge is 2.30. The van der Waals surface area contributed by atoms with Gasteiger partial charge in [0.2, 0.25) is 5.91 Å². The van der Waals surface area contributed by atoms with Crippen LogP contribution in [0.1, 0.15) is 5.56 Å². The van der Waals surface area contributed by atoms with Gasteiger partial charge in [-0.25, -0.2) is 9.40 Å². The van der Waals surface area contributed by atoms with Crippen LogP contribution in [0.3, 0.4) is 0 Å². The number of likely N-dealkylation sites (N-methyl/N-ethyl adjacent to an activating group) is 1. The summed E-state index contributed by atoms with van der Waals surface area (Å²) in [4.78, 5) is 12.1. The molecule has 0 N–H and O–H groups in total. The van der Waals surface area contributed by atoms with Gasteiger partial charge < -0.3 is 4.74 Å². The van der Waals surface area contributed by atoms with Gasteiger partial charge >= 0.3 is 0 Å². The number of ether oxygens (including phenoxy) is 1. The molecular formula is C13H17FN2O2. The SMILES string of the molecule is COC1CN(C)N(C(=O)Cc2ccc(F)cc2)C1. The van der Waals surface area contributed by atoms with Crippen molar-refractivity contribution in [1.82, 2.24) is 10.0 Å². The van der Waals surface area contributed by atoms with E-state index in [0.717, 1.165) is 5.56 Å². The first-order valence-corrected chi connectivity index (χ1v) is 5.89. The molecule has 0 spiro atoms. The zero-order valence-electron chi connectivity index (χ0n) is 10.6. The molecule has 18 heavy (non-hydrogen) atoms. The van der Waals surface area contributed by atoms with E-state index in [2.05, 4.69) is 0 Å². The Hall–Kier alpha value is -1.46. The molecule has 0 aromatic heterocycles. The summed E-state index contributed by atoms with van der Waals surface area (Å²) in [5.74, 6) is -0.285. The number of methoxy groups -OCH3 is 1. The summed E-state index contributed by atoms with van der Waals surface area (Å²) in [7, 11) is 3.51. The Balaban J connectivity index is 1.98. The predicted octanol–water partition coefficient (Wildman–Crippen LogP) is 1.07. The summed E-state index contributed by atoms with van der Waals surface area (Å²) >= 11 is 0. The molecule has 0 saturated carbocycles. The summed E-state index contributed by atoms with van der Waals surface area (Å²) in [6.45, 7) is 1.29. The third-order valence-corrected chi connectivity index (χ3v) is 3.15. The van der Waals surface area contributed by atoms with Crippen LogP contribution in [0.2, 0.25) is 0 Å². The van der Waals surface area contributed by atoms with Gasteiger partial charge in [0.1, 0.15) is 5.82 Å². The zero-order chi connectivity index (χ0) is 13.1. The maximum atomic E-state index is 12.8. The molecule has 1 saturated heterocycles. The fourth-order valence-electron chi connectivity index (χ4n) is 2.09. The average Bonchev–Trinajstić information content (AvgIpc) is 2.73. The summed E-state index contributed by atoms with van der Waals surface area (Å²) in [6, 6.07) is 6.01. The largest absolute Gasteiger partial charge is 0.378 e. The van der Waals surface area contributed by atoms with Crippen molar-refractivity contribution in [2.75, 3.05) is 27.2 Å². The van der Waals surface area contributed by atoms with Crippen LogP contribution >= 0.6 is 0 Å². The molecule has 0 radical (unpaired) electrons. The van der Waals surface area contributed by atoms with Crippen LogP contribution in [-0.4, -0.2) is 49.3 Å². The van der Waals surface area contributed by atoms with Gasteiger partial charge in [0.25, 0.3) is 0 Å². The topological polar surface area (TPSA) is 32.8 Å². The Morgan fingerprint density at radius 2 is 2.06 bits per heavy atom. The van der Waals surface area contributed by atoms with Gasteiger partial charge in [-0.3, -0.25) is 9.80 Å². The molecule has 2 rings (SSSR count). The standard InChI is InChI=1S/C13H17FN2O2/c1-15-8-12(18-2)9-16(15)13(17)7-10-3-5-11(14)6-4-10/h3-6,12H,7-9H2,1-2H3. The van der Waals surface area contributed by atoms with Crippen LogP contribution in [0.25, 0.3) is 0 Å². The van der Waals surface area contributed by atoms with Crippen molar-refractivity contribution in [3.63, 3.8) is 0 Å². The first-order valence-electron chi connectivity index (χ1n) is 5.89. The number of hydrogen-bond acceptors (Lipinski definition) is 3. The third kappa shape index (κ3) is 2.86. The average molecular weight is 252 g/mol. The number of rotatable bonds is 3. The number of carbonyl (C=O) groups is 1. The molecule has 98 valence electrons. The van der Waals surface area contributed by atoms with Crippen molar-refractivity contribution in [2.24, 2.45) is 0 Å². The Morgan fingerprint density at radius 3 is 2.61 bits per heavy atom. The Labute approximate surface area is 106 Å². The molecule has 1 aliphatic rings. The fourth-order valence-corrected chi connectivity index (χ4v) is 2.09. The van der Waals surface area contributed by atoms with Gasteiger partial charge in [0, 0.05) is 20.7 Å². The quantitative estimate of drug-likeness (QED) is 0.807. The third-order valence-electron chi connectivity index (χ3n) is 3.15. The van der Waals surface area contributed by atoms with E-state index in [1.807, 2.05) is 12.1 Å². The second kappa shape index (κ2) is 5.46. The van der Waals surface area contributed by atoms with Gasteiger partial charge in [0.05, 0.1) is 19.1 Å². The van der Waals surface area contributed by atoms with Crippen LogP contribution in [-0.2, 0) is 16.0 Å². The lowest BCUT2D eigenvalue weighted by atomic mass is 10.1. The van der Waals surface area contributed by atoms with E-state index in [1.165, 1.54) is 12.1 Å². The number of hydrogen-bond donors (Lipinski definition) is 0. The van der Waals surface area contributed by atoms with E-state index >= 15 is 0 Å². The van der Waals surface area contributed by atoms with Gasteiger partial charge in [-0.1, -0.05) is 12.1 Å². The molecular weight excluding hydrogens is 235 g/mol.